The van der Waals surface area contributed by atoms with E-state index in [-0.39, 0.29) is 0 Å². The number of aromatic nitrogens is 1. The summed E-state index contributed by atoms with van der Waals surface area (Å²) in [6, 6.07) is 3.80. The zero-order chi connectivity index (χ0) is 12.8. The van der Waals surface area contributed by atoms with Gasteiger partial charge in [0, 0.05) is 32.0 Å². The Balaban J connectivity index is 1.82. The van der Waals surface area contributed by atoms with Gasteiger partial charge in [-0.1, -0.05) is 12.5 Å². The monoisotopic (exact) mass is 269 g/mol. The van der Waals surface area contributed by atoms with Gasteiger partial charge in [-0.2, -0.15) is 12.7 Å². The molecule has 0 unspecified atom stereocenters. The van der Waals surface area contributed by atoms with Crippen LogP contribution in [-0.4, -0.2) is 37.3 Å². The van der Waals surface area contributed by atoms with Crippen molar-refractivity contribution in [3.8, 4) is 0 Å². The van der Waals surface area contributed by atoms with Crippen molar-refractivity contribution in [2.75, 3.05) is 19.6 Å². The van der Waals surface area contributed by atoms with E-state index in [1.807, 2.05) is 12.1 Å². The molecule has 2 heterocycles. The highest BCUT2D eigenvalue weighted by atomic mass is 32.2. The lowest BCUT2D eigenvalue weighted by Gasteiger charge is -2.25. The fraction of sp³-hybridized carbons (Fsp3) is 0.583. The first-order valence-corrected chi connectivity index (χ1v) is 7.76. The van der Waals surface area contributed by atoms with Crippen molar-refractivity contribution in [2.24, 2.45) is 0 Å². The quantitative estimate of drug-likeness (QED) is 0.865. The van der Waals surface area contributed by atoms with Gasteiger partial charge < -0.3 is 0 Å². The van der Waals surface area contributed by atoms with Crippen LogP contribution in [0.5, 0.6) is 0 Å². The van der Waals surface area contributed by atoms with Gasteiger partial charge in [-0.05, 0) is 30.9 Å². The van der Waals surface area contributed by atoms with Gasteiger partial charge in [0.05, 0.1) is 0 Å². The molecule has 18 heavy (non-hydrogen) atoms. The molecule has 2 rings (SSSR count). The number of piperidine rings is 1. The normalized spacial score (nSPS) is 17.8. The van der Waals surface area contributed by atoms with Gasteiger partial charge in [-0.3, -0.25) is 4.98 Å². The number of rotatable bonds is 5. The second-order valence-electron chi connectivity index (χ2n) is 4.47. The van der Waals surface area contributed by atoms with E-state index in [4.69, 9.17) is 0 Å². The van der Waals surface area contributed by atoms with E-state index in [0.29, 0.717) is 26.1 Å². The first-order valence-electron chi connectivity index (χ1n) is 6.32. The minimum Gasteiger partial charge on any atom is -0.264 e. The molecule has 0 aromatic carbocycles. The van der Waals surface area contributed by atoms with Crippen molar-refractivity contribution >= 4 is 10.2 Å². The summed E-state index contributed by atoms with van der Waals surface area (Å²) in [7, 11) is -3.29. The number of nitrogens with one attached hydrogen (secondary N) is 1. The maximum absolute atomic E-state index is 12.0. The van der Waals surface area contributed by atoms with Crippen molar-refractivity contribution in [3.05, 3.63) is 30.1 Å². The Bertz CT molecular complexity index is 455. The fourth-order valence-corrected chi connectivity index (χ4v) is 3.35. The summed E-state index contributed by atoms with van der Waals surface area (Å²) in [4.78, 5) is 4.00. The zero-order valence-corrected chi connectivity index (χ0v) is 11.2. The molecule has 1 aliphatic heterocycles. The van der Waals surface area contributed by atoms with E-state index in [9.17, 15) is 8.42 Å². The fourth-order valence-electron chi connectivity index (χ4n) is 2.07. The van der Waals surface area contributed by atoms with E-state index >= 15 is 0 Å². The second-order valence-corrected chi connectivity index (χ2v) is 6.23. The van der Waals surface area contributed by atoms with E-state index < -0.39 is 10.2 Å². The Morgan fingerprint density at radius 1 is 1.28 bits per heavy atom. The molecule has 0 atom stereocenters. The van der Waals surface area contributed by atoms with Crippen LogP contribution in [0.15, 0.2) is 24.5 Å². The number of nitrogens with zero attached hydrogens (tertiary/aromatic N) is 2. The summed E-state index contributed by atoms with van der Waals surface area (Å²) in [5.41, 5.74) is 1.04. The Kier molecular flexibility index (Phi) is 4.68. The average Bonchev–Trinajstić information content (AvgIpc) is 2.41. The van der Waals surface area contributed by atoms with Crippen LogP contribution in [0, 0.1) is 0 Å². The van der Waals surface area contributed by atoms with Crippen molar-refractivity contribution in [1.29, 1.82) is 0 Å². The first kappa shape index (κ1) is 13.5. The van der Waals surface area contributed by atoms with Crippen LogP contribution in [0.2, 0.25) is 0 Å². The summed E-state index contributed by atoms with van der Waals surface area (Å²) in [5, 5.41) is 0. The van der Waals surface area contributed by atoms with Gasteiger partial charge in [0.15, 0.2) is 0 Å². The Morgan fingerprint density at radius 3 is 2.72 bits per heavy atom. The minimum atomic E-state index is -3.29. The third-order valence-electron chi connectivity index (χ3n) is 3.08. The lowest BCUT2D eigenvalue weighted by atomic mass is 10.2. The molecule has 1 aromatic heterocycles. The molecule has 1 aromatic rings. The predicted octanol–water partition coefficient (Wildman–Crippen LogP) is 0.944. The average molecular weight is 269 g/mol. The van der Waals surface area contributed by atoms with E-state index in [2.05, 4.69) is 9.71 Å². The molecule has 6 heteroatoms. The maximum atomic E-state index is 12.0. The van der Waals surface area contributed by atoms with Crippen LogP contribution in [0.25, 0.3) is 0 Å². The van der Waals surface area contributed by atoms with Crippen molar-refractivity contribution < 1.29 is 8.42 Å². The molecule has 0 saturated carbocycles. The molecule has 1 N–H and O–H groups in total. The lowest BCUT2D eigenvalue weighted by Crippen LogP contribution is -2.43. The van der Waals surface area contributed by atoms with Gasteiger partial charge in [-0.25, -0.2) is 4.72 Å². The SMILES string of the molecule is O=S(=O)(NCCc1cccnc1)N1CCCCC1. The van der Waals surface area contributed by atoms with E-state index in [0.717, 1.165) is 24.8 Å². The minimum absolute atomic E-state index is 0.421. The van der Waals surface area contributed by atoms with Crippen LogP contribution >= 0.6 is 0 Å². The molecule has 5 nitrogen and oxygen atoms in total. The molecule has 0 radical (unpaired) electrons. The van der Waals surface area contributed by atoms with Crippen LogP contribution in [0.1, 0.15) is 24.8 Å². The summed E-state index contributed by atoms with van der Waals surface area (Å²) < 4.78 is 28.1. The second kappa shape index (κ2) is 6.26. The highest BCUT2D eigenvalue weighted by molar-refractivity contribution is 7.87. The molecular weight excluding hydrogens is 250 g/mol. The summed E-state index contributed by atoms with van der Waals surface area (Å²) in [6.45, 7) is 1.70. The van der Waals surface area contributed by atoms with Crippen LogP contribution in [-0.2, 0) is 16.6 Å². The van der Waals surface area contributed by atoms with E-state index in [1.165, 1.54) is 0 Å². The van der Waals surface area contributed by atoms with Gasteiger partial charge >= 0.3 is 0 Å². The molecule has 100 valence electrons. The topological polar surface area (TPSA) is 62.3 Å². The summed E-state index contributed by atoms with van der Waals surface area (Å²) >= 11 is 0. The predicted molar refractivity (Wildman–Crippen MR) is 70.3 cm³/mol. The molecule has 0 bridgehead atoms. The Hall–Kier alpha value is -0.980. The molecule has 0 aliphatic carbocycles. The number of hydrogen-bond acceptors (Lipinski definition) is 3. The standard InChI is InChI=1S/C12H19N3O2S/c16-18(17,15-9-2-1-3-10-15)14-8-6-12-5-4-7-13-11-12/h4-5,7,11,14H,1-3,6,8-10H2. The molecule has 0 amide bonds. The van der Waals surface area contributed by atoms with Crippen molar-refractivity contribution in [1.82, 2.24) is 14.0 Å². The molecule has 1 fully saturated rings. The van der Waals surface area contributed by atoms with Crippen molar-refractivity contribution in [2.45, 2.75) is 25.7 Å². The largest absolute Gasteiger partial charge is 0.279 e. The lowest BCUT2D eigenvalue weighted by molar-refractivity contribution is 0.342. The third-order valence-corrected chi connectivity index (χ3v) is 4.69. The van der Waals surface area contributed by atoms with Gasteiger partial charge in [0.25, 0.3) is 10.2 Å². The first-order chi connectivity index (χ1) is 8.68. The maximum Gasteiger partial charge on any atom is 0.279 e. The number of hydrogen-bond donors (Lipinski definition) is 1. The molecule has 0 spiro atoms. The molecule has 1 saturated heterocycles. The van der Waals surface area contributed by atoms with Crippen molar-refractivity contribution in [3.63, 3.8) is 0 Å². The number of pyridine rings is 1. The van der Waals surface area contributed by atoms with Crippen LogP contribution < -0.4 is 4.72 Å². The van der Waals surface area contributed by atoms with E-state index in [1.54, 1.807) is 16.7 Å². The van der Waals surface area contributed by atoms with Gasteiger partial charge in [0.1, 0.15) is 0 Å². The smallest absolute Gasteiger partial charge is 0.264 e. The van der Waals surface area contributed by atoms with Gasteiger partial charge in [0.2, 0.25) is 0 Å². The van der Waals surface area contributed by atoms with Crippen LogP contribution in [0.4, 0.5) is 0 Å². The highest BCUT2D eigenvalue weighted by Gasteiger charge is 2.22. The Morgan fingerprint density at radius 2 is 2.06 bits per heavy atom. The third kappa shape index (κ3) is 3.76. The highest BCUT2D eigenvalue weighted by Crippen LogP contribution is 2.11. The van der Waals surface area contributed by atoms with Crippen LogP contribution in [0.3, 0.4) is 0 Å². The summed E-state index contributed by atoms with van der Waals surface area (Å²) in [5.74, 6) is 0. The molecular formula is C12H19N3O2S. The summed E-state index contributed by atoms with van der Waals surface area (Å²) in [6.07, 6.45) is 7.19. The van der Waals surface area contributed by atoms with Gasteiger partial charge in [-0.15, -0.1) is 0 Å². The Labute approximate surface area is 108 Å². The molecule has 1 aliphatic rings. The zero-order valence-electron chi connectivity index (χ0n) is 10.4.